The number of nitrogen functional groups attached to an aromatic ring is 1. The molecule has 0 fully saturated rings. The van der Waals surface area contributed by atoms with Gasteiger partial charge in [-0.3, -0.25) is 10.1 Å². The van der Waals surface area contributed by atoms with Gasteiger partial charge in [-0.15, -0.1) is 0 Å². The zero-order chi connectivity index (χ0) is 14.0. The van der Waals surface area contributed by atoms with E-state index in [1.165, 1.54) is 18.5 Å². The second-order valence-electron chi connectivity index (χ2n) is 4.07. The van der Waals surface area contributed by atoms with Crippen LogP contribution in [0.25, 0.3) is 0 Å². The number of aryl methyl sites for hydroxylation is 2. The van der Waals surface area contributed by atoms with E-state index in [1.807, 2.05) is 0 Å². The van der Waals surface area contributed by atoms with Crippen LogP contribution in [0.3, 0.4) is 0 Å². The molecular formula is C12H12N4O3. The first kappa shape index (κ1) is 12.7. The average Bonchev–Trinajstić information content (AvgIpc) is 2.34. The van der Waals surface area contributed by atoms with Gasteiger partial charge in [-0.05, 0) is 25.0 Å². The number of nitro benzene ring substituents is 1. The molecule has 0 spiro atoms. The Balaban J connectivity index is 2.44. The monoisotopic (exact) mass is 260 g/mol. The number of nitro groups is 1. The molecule has 0 atom stereocenters. The quantitative estimate of drug-likeness (QED) is 0.671. The van der Waals surface area contributed by atoms with E-state index in [1.54, 1.807) is 19.9 Å². The van der Waals surface area contributed by atoms with Crippen LogP contribution in [-0.4, -0.2) is 14.9 Å². The number of nitrogens with two attached hydrogens (primary N) is 1. The molecule has 0 saturated carbocycles. The van der Waals surface area contributed by atoms with Crippen molar-refractivity contribution in [2.75, 3.05) is 5.73 Å². The summed E-state index contributed by atoms with van der Waals surface area (Å²) in [5, 5.41) is 11.0. The Morgan fingerprint density at radius 2 is 2.00 bits per heavy atom. The molecule has 0 unspecified atom stereocenters. The summed E-state index contributed by atoms with van der Waals surface area (Å²) in [4.78, 5) is 18.3. The summed E-state index contributed by atoms with van der Waals surface area (Å²) in [5.74, 6) is 0.571. The van der Waals surface area contributed by atoms with Crippen LogP contribution in [0.1, 0.15) is 11.1 Å². The van der Waals surface area contributed by atoms with Gasteiger partial charge in [0.2, 0.25) is 11.6 Å². The molecule has 1 aromatic carbocycles. The highest BCUT2D eigenvalue weighted by Gasteiger charge is 2.19. The first-order valence-electron chi connectivity index (χ1n) is 5.48. The van der Waals surface area contributed by atoms with Crippen molar-refractivity contribution < 1.29 is 9.66 Å². The molecule has 2 aromatic rings. The third-order valence-corrected chi connectivity index (χ3v) is 2.45. The van der Waals surface area contributed by atoms with Crippen molar-refractivity contribution in [3.8, 4) is 11.6 Å². The van der Waals surface area contributed by atoms with Gasteiger partial charge < -0.3 is 10.5 Å². The van der Waals surface area contributed by atoms with Crippen LogP contribution in [0.4, 0.5) is 11.5 Å². The number of anilines is 1. The Morgan fingerprint density at radius 3 is 2.58 bits per heavy atom. The second-order valence-corrected chi connectivity index (χ2v) is 4.07. The van der Waals surface area contributed by atoms with Crippen molar-refractivity contribution in [1.29, 1.82) is 0 Å². The summed E-state index contributed by atoms with van der Waals surface area (Å²) < 4.78 is 5.44. The lowest BCUT2D eigenvalue weighted by Gasteiger charge is -2.09. The maximum absolute atomic E-state index is 11.0. The minimum atomic E-state index is -0.486. The lowest BCUT2D eigenvalue weighted by atomic mass is 10.1. The number of hydrogen-bond donors (Lipinski definition) is 1. The zero-order valence-corrected chi connectivity index (χ0v) is 10.5. The molecule has 0 saturated heterocycles. The molecule has 0 radical (unpaired) electrons. The zero-order valence-electron chi connectivity index (χ0n) is 10.5. The molecule has 0 aliphatic rings. The summed E-state index contributed by atoms with van der Waals surface area (Å²) in [6.07, 6.45) is 2.64. The number of rotatable bonds is 3. The van der Waals surface area contributed by atoms with E-state index in [0.717, 1.165) is 5.56 Å². The van der Waals surface area contributed by atoms with Crippen LogP contribution < -0.4 is 10.5 Å². The van der Waals surface area contributed by atoms with Crippen LogP contribution in [0, 0.1) is 24.0 Å². The first-order chi connectivity index (χ1) is 8.97. The van der Waals surface area contributed by atoms with Crippen molar-refractivity contribution in [2.45, 2.75) is 13.8 Å². The molecule has 98 valence electrons. The lowest BCUT2D eigenvalue weighted by molar-refractivity contribution is -0.385. The van der Waals surface area contributed by atoms with E-state index in [-0.39, 0.29) is 23.1 Å². The van der Waals surface area contributed by atoms with Crippen LogP contribution in [0.2, 0.25) is 0 Å². The maximum atomic E-state index is 11.0. The summed E-state index contributed by atoms with van der Waals surface area (Å²) in [5.41, 5.74) is 6.76. The van der Waals surface area contributed by atoms with Gasteiger partial charge in [-0.25, -0.2) is 9.97 Å². The van der Waals surface area contributed by atoms with E-state index in [0.29, 0.717) is 5.56 Å². The second kappa shape index (κ2) is 4.89. The summed E-state index contributed by atoms with van der Waals surface area (Å²) >= 11 is 0. The Bertz CT molecular complexity index is 626. The van der Waals surface area contributed by atoms with Gasteiger partial charge in [-0.1, -0.05) is 6.07 Å². The summed E-state index contributed by atoms with van der Waals surface area (Å²) in [6, 6.07) is 3.25. The molecule has 0 amide bonds. The lowest BCUT2D eigenvalue weighted by Crippen LogP contribution is -1.99. The van der Waals surface area contributed by atoms with E-state index in [4.69, 9.17) is 10.5 Å². The highest BCUT2D eigenvalue weighted by Crippen LogP contribution is 2.34. The smallest absolute Gasteiger partial charge is 0.312 e. The van der Waals surface area contributed by atoms with Crippen molar-refractivity contribution >= 4 is 11.5 Å². The summed E-state index contributed by atoms with van der Waals surface area (Å²) in [6.45, 7) is 3.52. The molecule has 1 heterocycles. The highest BCUT2D eigenvalue weighted by atomic mass is 16.6. The number of aromatic nitrogens is 2. The number of hydrogen-bond acceptors (Lipinski definition) is 6. The molecule has 2 N–H and O–H groups in total. The summed E-state index contributed by atoms with van der Waals surface area (Å²) in [7, 11) is 0. The average molecular weight is 260 g/mol. The molecule has 1 aromatic heterocycles. The van der Waals surface area contributed by atoms with Crippen molar-refractivity contribution in [3.05, 3.63) is 45.8 Å². The molecule has 0 aliphatic heterocycles. The van der Waals surface area contributed by atoms with Gasteiger partial charge in [0.15, 0.2) is 0 Å². The Hall–Kier alpha value is -2.70. The largest absolute Gasteiger partial charge is 0.430 e. The fraction of sp³-hybridized carbons (Fsp3) is 0.167. The van der Waals surface area contributed by atoms with E-state index < -0.39 is 4.92 Å². The van der Waals surface area contributed by atoms with Crippen LogP contribution >= 0.6 is 0 Å². The van der Waals surface area contributed by atoms with Crippen molar-refractivity contribution in [2.24, 2.45) is 0 Å². The Kier molecular flexibility index (Phi) is 3.28. The SMILES string of the molecule is Cc1cc(C)c(Oc2cnc(N)cn2)c([N+](=O)[O-])c1. The third kappa shape index (κ3) is 2.76. The number of benzene rings is 1. The maximum Gasteiger partial charge on any atom is 0.312 e. The number of nitrogens with zero attached hydrogens (tertiary/aromatic N) is 3. The van der Waals surface area contributed by atoms with E-state index in [9.17, 15) is 10.1 Å². The minimum absolute atomic E-state index is 0.101. The minimum Gasteiger partial charge on any atom is -0.430 e. The fourth-order valence-electron chi connectivity index (χ4n) is 1.68. The molecule has 7 heteroatoms. The van der Waals surface area contributed by atoms with Gasteiger partial charge in [0.05, 0.1) is 17.3 Å². The van der Waals surface area contributed by atoms with E-state index in [2.05, 4.69) is 9.97 Å². The van der Waals surface area contributed by atoms with Crippen LogP contribution in [0.15, 0.2) is 24.5 Å². The predicted octanol–water partition coefficient (Wildman–Crippen LogP) is 2.38. The molecular weight excluding hydrogens is 248 g/mol. The topological polar surface area (TPSA) is 104 Å². The highest BCUT2D eigenvalue weighted by molar-refractivity contribution is 5.54. The normalized spacial score (nSPS) is 10.2. The standard InChI is InChI=1S/C12H12N4O3/c1-7-3-8(2)12(9(4-7)16(17)18)19-11-6-14-10(13)5-15-11/h3-6H,1-2H3,(H2,13,14). The van der Waals surface area contributed by atoms with Gasteiger partial charge in [0.1, 0.15) is 5.82 Å². The molecule has 0 aliphatic carbocycles. The van der Waals surface area contributed by atoms with Crippen LogP contribution in [0.5, 0.6) is 11.6 Å². The predicted molar refractivity (Wildman–Crippen MR) is 69.1 cm³/mol. The third-order valence-electron chi connectivity index (χ3n) is 2.45. The van der Waals surface area contributed by atoms with Gasteiger partial charge in [-0.2, -0.15) is 0 Å². The number of ether oxygens (including phenoxy) is 1. The molecule has 7 nitrogen and oxygen atoms in total. The molecule has 0 bridgehead atoms. The van der Waals surface area contributed by atoms with E-state index >= 15 is 0 Å². The Labute approximate surface area is 109 Å². The van der Waals surface area contributed by atoms with Crippen molar-refractivity contribution in [1.82, 2.24) is 9.97 Å². The van der Waals surface area contributed by atoms with Crippen molar-refractivity contribution in [3.63, 3.8) is 0 Å². The first-order valence-corrected chi connectivity index (χ1v) is 5.48. The van der Waals surface area contributed by atoms with Gasteiger partial charge in [0.25, 0.3) is 0 Å². The molecule has 2 rings (SSSR count). The molecule has 19 heavy (non-hydrogen) atoms. The van der Waals surface area contributed by atoms with Gasteiger partial charge in [0, 0.05) is 6.07 Å². The van der Waals surface area contributed by atoms with Crippen LogP contribution in [-0.2, 0) is 0 Å². The van der Waals surface area contributed by atoms with Gasteiger partial charge >= 0.3 is 5.69 Å². The fourth-order valence-corrected chi connectivity index (χ4v) is 1.68. The Morgan fingerprint density at radius 1 is 1.26 bits per heavy atom.